The summed E-state index contributed by atoms with van der Waals surface area (Å²) < 4.78 is 0. The van der Waals surface area contributed by atoms with Crippen LogP contribution >= 0.6 is 0 Å². The van der Waals surface area contributed by atoms with Gasteiger partial charge in [0.05, 0.1) is 5.54 Å². The molecule has 0 saturated heterocycles. The molecule has 1 nitrogen and oxygen atoms in total. The van der Waals surface area contributed by atoms with E-state index in [-0.39, 0.29) is 5.54 Å². The van der Waals surface area contributed by atoms with Gasteiger partial charge in [0, 0.05) is 5.69 Å². The maximum absolute atomic E-state index is 3.59. The summed E-state index contributed by atoms with van der Waals surface area (Å²) in [4.78, 5) is 0. The van der Waals surface area contributed by atoms with E-state index in [0.29, 0.717) is 0 Å². The van der Waals surface area contributed by atoms with Crippen LogP contribution in [0.15, 0.2) is 30.3 Å². The van der Waals surface area contributed by atoms with Gasteiger partial charge >= 0.3 is 0 Å². The molecular formula is C13H17N. The normalized spacial score (nSPS) is 24.1. The first kappa shape index (κ1) is 9.32. The predicted molar refractivity (Wildman–Crippen MR) is 62.4 cm³/mol. The fraction of sp³-hybridized carbons (Fsp3) is 0.385. The Kier molecular flexibility index (Phi) is 2.32. The number of hydrogen-bond donors (Lipinski definition) is 1. The highest BCUT2D eigenvalue weighted by Gasteiger charge is 2.22. The summed E-state index contributed by atoms with van der Waals surface area (Å²) in [6, 6.07) is 8.45. The van der Waals surface area contributed by atoms with E-state index in [1.54, 1.807) is 0 Å². The van der Waals surface area contributed by atoms with Crippen LogP contribution in [0.4, 0.5) is 5.69 Å². The molecular weight excluding hydrogens is 170 g/mol. The summed E-state index contributed by atoms with van der Waals surface area (Å²) in [7, 11) is 0. The maximum Gasteiger partial charge on any atom is 0.0531 e. The van der Waals surface area contributed by atoms with Gasteiger partial charge in [-0.25, -0.2) is 0 Å². The van der Waals surface area contributed by atoms with Crippen LogP contribution in [-0.4, -0.2) is 5.54 Å². The zero-order valence-electron chi connectivity index (χ0n) is 8.88. The predicted octanol–water partition coefficient (Wildman–Crippen LogP) is 3.68. The number of hydrogen-bond acceptors (Lipinski definition) is 1. The van der Waals surface area contributed by atoms with E-state index in [4.69, 9.17) is 0 Å². The molecule has 0 amide bonds. The molecule has 1 N–H and O–H groups in total. The molecule has 2 rings (SSSR count). The topological polar surface area (TPSA) is 12.0 Å². The van der Waals surface area contributed by atoms with Crippen LogP contribution in [0.5, 0.6) is 0 Å². The van der Waals surface area contributed by atoms with Gasteiger partial charge in [0.1, 0.15) is 0 Å². The number of fused-ring (bicyclic) bond motifs is 1. The van der Waals surface area contributed by atoms with Crippen LogP contribution in [0, 0.1) is 0 Å². The molecule has 1 heterocycles. The molecule has 1 aromatic rings. The maximum atomic E-state index is 3.59. The zero-order chi connectivity index (χ0) is 10.0. The average Bonchev–Trinajstić information content (AvgIpc) is 2.17. The molecule has 0 bridgehead atoms. The van der Waals surface area contributed by atoms with Gasteiger partial charge < -0.3 is 5.32 Å². The van der Waals surface area contributed by atoms with E-state index in [1.165, 1.54) is 24.1 Å². The van der Waals surface area contributed by atoms with Crippen LogP contribution in [0.1, 0.15) is 32.3 Å². The van der Waals surface area contributed by atoms with Gasteiger partial charge in [0.25, 0.3) is 0 Å². The second-order valence-electron chi connectivity index (χ2n) is 4.21. The molecule has 0 saturated carbocycles. The van der Waals surface area contributed by atoms with Gasteiger partial charge in [-0.15, -0.1) is 0 Å². The molecule has 1 atom stereocenters. The number of rotatable bonds is 2. The number of benzene rings is 1. The molecule has 1 aromatic carbocycles. The van der Waals surface area contributed by atoms with Gasteiger partial charge in [-0.2, -0.15) is 0 Å². The number of anilines is 1. The molecule has 0 aromatic heterocycles. The Bertz CT molecular complexity index is 354. The SMILES string of the molecule is CCC[C@@]1(C)C=Cc2ccccc2N1. The highest BCUT2D eigenvalue weighted by Crippen LogP contribution is 2.30. The van der Waals surface area contributed by atoms with E-state index in [0.717, 1.165) is 0 Å². The van der Waals surface area contributed by atoms with Crippen molar-refractivity contribution in [2.24, 2.45) is 0 Å². The van der Waals surface area contributed by atoms with Gasteiger partial charge in [0.2, 0.25) is 0 Å². The third-order valence-corrected chi connectivity index (χ3v) is 2.78. The van der Waals surface area contributed by atoms with E-state index in [1.807, 2.05) is 0 Å². The largest absolute Gasteiger partial charge is 0.376 e. The van der Waals surface area contributed by atoms with E-state index < -0.39 is 0 Å². The lowest BCUT2D eigenvalue weighted by Gasteiger charge is -2.32. The van der Waals surface area contributed by atoms with Gasteiger partial charge in [0.15, 0.2) is 0 Å². The second kappa shape index (κ2) is 3.49. The average molecular weight is 187 g/mol. The minimum atomic E-state index is 0.142. The highest BCUT2D eigenvalue weighted by molar-refractivity contribution is 5.71. The van der Waals surface area contributed by atoms with Crippen molar-refractivity contribution < 1.29 is 0 Å². The molecule has 14 heavy (non-hydrogen) atoms. The van der Waals surface area contributed by atoms with Gasteiger partial charge in [-0.1, -0.05) is 43.7 Å². The molecule has 0 unspecified atom stereocenters. The van der Waals surface area contributed by atoms with Crippen LogP contribution in [0.25, 0.3) is 6.08 Å². The summed E-state index contributed by atoms with van der Waals surface area (Å²) in [6.45, 7) is 4.48. The Morgan fingerprint density at radius 1 is 1.29 bits per heavy atom. The Morgan fingerprint density at radius 2 is 2.07 bits per heavy atom. The monoisotopic (exact) mass is 187 g/mol. The molecule has 0 radical (unpaired) electrons. The lowest BCUT2D eigenvalue weighted by molar-refractivity contribution is 0.566. The third kappa shape index (κ3) is 1.67. The molecule has 0 aliphatic carbocycles. The highest BCUT2D eigenvalue weighted by atomic mass is 15.0. The third-order valence-electron chi connectivity index (χ3n) is 2.78. The first-order valence-electron chi connectivity index (χ1n) is 5.30. The standard InChI is InChI=1S/C13H17N/c1-3-9-13(2)10-8-11-6-4-5-7-12(11)14-13/h4-8,10,14H,3,9H2,1-2H3/t13-/m0/s1. The van der Waals surface area contributed by atoms with Crippen LogP contribution in [-0.2, 0) is 0 Å². The Hall–Kier alpha value is -1.24. The Balaban J connectivity index is 2.29. The van der Waals surface area contributed by atoms with Crippen molar-refractivity contribution in [1.29, 1.82) is 0 Å². The molecule has 74 valence electrons. The molecule has 1 aliphatic heterocycles. The summed E-state index contributed by atoms with van der Waals surface area (Å²) in [5.74, 6) is 0. The van der Waals surface area contributed by atoms with Crippen LogP contribution in [0.2, 0.25) is 0 Å². The lowest BCUT2D eigenvalue weighted by atomic mass is 9.90. The fourth-order valence-electron chi connectivity index (χ4n) is 2.04. The van der Waals surface area contributed by atoms with Crippen molar-refractivity contribution >= 4 is 11.8 Å². The summed E-state index contributed by atoms with van der Waals surface area (Å²) in [5, 5.41) is 3.59. The van der Waals surface area contributed by atoms with E-state index >= 15 is 0 Å². The lowest BCUT2D eigenvalue weighted by Crippen LogP contribution is -2.34. The van der Waals surface area contributed by atoms with Crippen molar-refractivity contribution in [3.05, 3.63) is 35.9 Å². The van der Waals surface area contributed by atoms with E-state index in [2.05, 4.69) is 55.6 Å². The van der Waals surface area contributed by atoms with E-state index in [9.17, 15) is 0 Å². The zero-order valence-corrected chi connectivity index (χ0v) is 8.88. The van der Waals surface area contributed by atoms with Crippen molar-refractivity contribution in [2.45, 2.75) is 32.2 Å². The van der Waals surface area contributed by atoms with Crippen molar-refractivity contribution in [3.8, 4) is 0 Å². The number of nitrogens with one attached hydrogen (secondary N) is 1. The van der Waals surface area contributed by atoms with Crippen molar-refractivity contribution in [1.82, 2.24) is 0 Å². The first-order valence-corrected chi connectivity index (χ1v) is 5.30. The second-order valence-corrected chi connectivity index (χ2v) is 4.21. The summed E-state index contributed by atoms with van der Waals surface area (Å²) >= 11 is 0. The molecule has 1 aliphatic rings. The number of para-hydroxylation sites is 1. The minimum Gasteiger partial charge on any atom is -0.376 e. The minimum absolute atomic E-state index is 0.142. The van der Waals surface area contributed by atoms with Crippen molar-refractivity contribution in [3.63, 3.8) is 0 Å². The molecule has 0 spiro atoms. The Morgan fingerprint density at radius 3 is 2.86 bits per heavy atom. The summed E-state index contributed by atoms with van der Waals surface area (Å²) in [6.07, 6.45) is 6.88. The molecule has 0 fully saturated rings. The summed E-state index contributed by atoms with van der Waals surface area (Å²) in [5.41, 5.74) is 2.69. The molecule has 1 heteroatoms. The van der Waals surface area contributed by atoms with Gasteiger partial charge in [-0.3, -0.25) is 0 Å². The van der Waals surface area contributed by atoms with Gasteiger partial charge in [-0.05, 0) is 25.0 Å². The fourth-order valence-corrected chi connectivity index (χ4v) is 2.04. The van der Waals surface area contributed by atoms with Crippen molar-refractivity contribution in [2.75, 3.05) is 5.32 Å². The quantitative estimate of drug-likeness (QED) is 0.744. The first-order chi connectivity index (χ1) is 6.73. The van der Waals surface area contributed by atoms with Crippen LogP contribution < -0.4 is 5.32 Å². The Labute approximate surface area is 85.8 Å². The smallest absolute Gasteiger partial charge is 0.0531 e. The van der Waals surface area contributed by atoms with Crippen LogP contribution in [0.3, 0.4) is 0 Å².